The van der Waals surface area contributed by atoms with E-state index in [1.807, 2.05) is 0 Å². The molecule has 0 aromatic carbocycles. The van der Waals surface area contributed by atoms with Gasteiger partial charge in [0, 0.05) is 26.3 Å². The predicted molar refractivity (Wildman–Crippen MR) is 51.2 cm³/mol. The minimum absolute atomic E-state index is 0.205. The molecule has 4 heteroatoms. The third kappa shape index (κ3) is 1.47. The highest BCUT2D eigenvalue weighted by Crippen LogP contribution is 2.43. The lowest BCUT2D eigenvalue weighted by Gasteiger charge is -2.39. The number of hydrogen-bond acceptors (Lipinski definition) is 2. The maximum absolute atomic E-state index is 10.8. The first-order valence-corrected chi connectivity index (χ1v) is 5.20. The second-order valence-corrected chi connectivity index (χ2v) is 4.54. The van der Waals surface area contributed by atoms with E-state index in [2.05, 4.69) is 6.92 Å². The van der Waals surface area contributed by atoms with Gasteiger partial charge in [-0.1, -0.05) is 6.92 Å². The Morgan fingerprint density at radius 3 is 2.93 bits per heavy atom. The number of likely N-dealkylation sites (tertiary alicyclic amines) is 1. The van der Waals surface area contributed by atoms with Crippen LogP contribution in [0, 0.1) is 11.3 Å². The van der Waals surface area contributed by atoms with Crippen molar-refractivity contribution in [3.8, 4) is 0 Å². The van der Waals surface area contributed by atoms with Gasteiger partial charge in [0.1, 0.15) is 0 Å². The molecule has 2 fully saturated rings. The molecule has 80 valence electrons. The molecular weight excluding hydrogens is 182 g/mol. The van der Waals surface area contributed by atoms with Crippen LogP contribution in [0.5, 0.6) is 0 Å². The quantitative estimate of drug-likeness (QED) is 0.641. The lowest BCUT2D eigenvalue weighted by Crippen LogP contribution is -2.40. The van der Waals surface area contributed by atoms with Crippen molar-refractivity contribution in [2.24, 2.45) is 11.3 Å². The van der Waals surface area contributed by atoms with Gasteiger partial charge in [0.2, 0.25) is 0 Å². The molecule has 1 N–H and O–H groups in total. The van der Waals surface area contributed by atoms with Crippen LogP contribution in [0.1, 0.15) is 19.8 Å². The number of ether oxygens (including phenoxy) is 1. The summed E-state index contributed by atoms with van der Waals surface area (Å²) in [5.41, 5.74) is 0.205. The number of rotatable bonds is 0. The van der Waals surface area contributed by atoms with Crippen molar-refractivity contribution in [3.63, 3.8) is 0 Å². The lowest BCUT2D eigenvalue weighted by molar-refractivity contribution is -0.0279. The summed E-state index contributed by atoms with van der Waals surface area (Å²) in [6.07, 6.45) is 1.24. The molecule has 1 spiro atoms. The van der Waals surface area contributed by atoms with Crippen molar-refractivity contribution in [3.05, 3.63) is 0 Å². The minimum atomic E-state index is -0.777. The number of carbonyl (C=O) groups is 1. The van der Waals surface area contributed by atoms with Gasteiger partial charge in [-0.05, 0) is 24.2 Å². The highest BCUT2D eigenvalue weighted by Gasteiger charge is 2.45. The molecule has 2 aliphatic heterocycles. The van der Waals surface area contributed by atoms with Crippen molar-refractivity contribution in [2.75, 3.05) is 26.3 Å². The number of amides is 1. The Morgan fingerprint density at radius 1 is 1.57 bits per heavy atom. The van der Waals surface area contributed by atoms with Gasteiger partial charge in [-0.3, -0.25) is 0 Å². The predicted octanol–water partition coefficient (Wildman–Crippen LogP) is 1.41. The Labute approximate surface area is 83.8 Å². The molecule has 2 unspecified atom stereocenters. The molecule has 0 aromatic rings. The van der Waals surface area contributed by atoms with Gasteiger partial charge in [-0.25, -0.2) is 4.79 Å². The van der Waals surface area contributed by atoms with E-state index < -0.39 is 6.09 Å². The lowest BCUT2D eigenvalue weighted by atomic mass is 9.72. The number of hydrogen-bond donors (Lipinski definition) is 1. The first kappa shape index (κ1) is 9.77. The molecular formula is C10H17NO3. The van der Waals surface area contributed by atoms with Crippen molar-refractivity contribution < 1.29 is 14.6 Å². The van der Waals surface area contributed by atoms with Crippen LogP contribution >= 0.6 is 0 Å². The van der Waals surface area contributed by atoms with E-state index >= 15 is 0 Å². The number of carboxylic acid groups (broad SMARTS) is 1. The molecule has 0 aliphatic carbocycles. The average molecular weight is 199 g/mol. The second kappa shape index (κ2) is 3.42. The van der Waals surface area contributed by atoms with E-state index in [-0.39, 0.29) is 5.41 Å². The summed E-state index contributed by atoms with van der Waals surface area (Å²) in [7, 11) is 0. The van der Waals surface area contributed by atoms with Crippen molar-refractivity contribution in [2.45, 2.75) is 19.8 Å². The SMILES string of the molecule is CC1COCCC12CCN(C(=O)O)C2. The van der Waals surface area contributed by atoms with Crippen molar-refractivity contribution >= 4 is 6.09 Å². The van der Waals surface area contributed by atoms with Crippen LogP contribution in [-0.4, -0.2) is 42.4 Å². The summed E-state index contributed by atoms with van der Waals surface area (Å²) in [5, 5.41) is 8.91. The van der Waals surface area contributed by atoms with Crippen LogP contribution in [0.3, 0.4) is 0 Å². The zero-order valence-corrected chi connectivity index (χ0v) is 8.53. The summed E-state index contributed by atoms with van der Waals surface area (Å²) in [4.78, 5) is 12.4. The van der Waals surface area contributed by atoms with Gasteiger partial charge < -0.3 is 14.7 Å². The van der Waals surface area contributed by atoms with E-state index in [0.717, 1.165) is 26.1 Å². The molecule has 14 heavy (non-hydrogen) atoms. The second-order valence-electron chi connectivity index (χ2n) is 4.54. The monoisotopic (exact) mass is 199 g/mol. The Morgan fingerprint density at radius 2 is 2.36 bits per heavy atom. The average Bonchev–Trinajstić information content (AvgIpc) is 2.56. The third-order valence-corrected chi connectivity index (χ3v) is 3.81. The fraction of sp³-hybridized carbons (Fsp3) is 0.900. The molecule has 0 radical (unpaired) electrons. The van der Waals surface area contributed by atoms with E-state index in [9.17, 15) is 4.79 Å². The van der Waals surface area contributed by atoms with Crippen molar-refractivity contribution in [1.82, 2.24) is 4.90 Å². The van der Waals surface area contributed by atoms with Gasteiger partial charge in [0.05, 0.1) is 0 Å². The van der Waals surface area contributed by atoms with Crippen molar-refractivity contribution in [1.29, 1.82) is 0 Å². The van der Waals surface area contributed by atoms with Crippen LogP contribution in [0.4, 0.5) is 4.79 Å². The largest absolute Gasteiger partial charge is 0.465 e. The molecule has 0 saturated carbocycles. The molecule has 2 aliphatic rings. The first-order chi connectivity index (χ1) is 6.64. The highest BCUT2D eigenvalue weighted by molar-refractivity contribution is 5.65. The fourth-order valence-corrected chi connectivity index (χ4v) is 2.62. The zero-order chi connectivity index (χ0) is 10.2. The Balaban J connectivity index is 2.06. The van der Waals surface area contributed by atoms with Crippen LogP contribution in [0.25, 0.3) is 0 Å². The molecule has 2 saturated heterocycles. The number of nitrogens with zero attached hydrogens (tertiary/aromatic N) is 1. The topological polar surface area (TPSA) is 49.8 Å². The van der Waals surface area contributed by atoms with Gasteiger partial charge in [0.25, 0.3) is 0 Å². The maximum Gasteiger partial charge on any atom is 0.407 e. The summed E-state index contributed by atoms with van der Waals surface area (Å²) in [6.45, 7) is 5.14. The van der Waals surface area contributed by atoms with Crippen LogP contribution in [0.2, 0.25) is 0 Å². The molecule has 0 aromatic heterocycles. The summed E-state index contributed by atoms with van der Waals surface area (Å²) >= 11 is 0. The smallest absolute Gasteiger partial charge is 0.407 e. The first-order valence-electron chi connectivity index (χ1n) is 5.20. The van der Waals surface area contributed by atoms with E-state index in [4.69, 9.17) is 9.84 Å². The van der Waals surface area contributed by atoms with Crippen LogP contribution < -0.4 is 0 Å². The third-order valence-electron chi connectivity index (χ3n) is 3.81. The Hall–Kier alpha value is -0.770. The summed E-state index contributed by atoms with van der Waals surface area (Å²) < 4.78 is 5.40. The van der Waals surface area contributed by atoms with E-state index in [1.165, 1.54) is 0 Å². The highest BCUT2D eigenvalue weighted by atomic mass is 16.5. The zero-order valence-electron chi connectivity index (χ0n) is 8.53. The van der Waals surface area contributed by atoms with E-state index in [1.54, 1.807) is 4.90 Å². The van der Waals surface area contributed by atoms with Crippen LogP contribution in [0.15, 0.2) is 0 Å². The van der Waals surface area contributed by atoms with E-state index in [0.29, 0.717) is 19.0 Å². The fourth-order valence-electron chi connectivity index (χ4n) is 2.62. The van der Waals surface area contributed by atoms with Gasteiger partial charge in [0.15, 0.2) is 0 Å². The molecule has 0 bridgehead atoms. The summed E-state index contributed by atoms with van der Waals surface area (Å²) in [5.74, 6) is 0.487. The van der Waals surface area contributed by atoms with Gasteiger partial charge in [-0.15, -0.1) is 0 Å². The van der Waals surface area contributed by atoms with Gasteiger partial charge in [-0.2, -0.15) is 0 Å². The Kier molecular flexibility index (Phi) is 2.39. The summed E-state index contributed by atoms with van der Waals surface area (Å²) in [6, 6.07) is 0. The molecule has 2 heterocycles. The van der Waals surface area contributed by atoms with Crippen LogP contribution in [-0.2, 0) is 4.74 Å². The molecule has 2 atom stereocenters. The minimum Gasteiger partial charge on any atom is -0.465 e. The normalized spacial score (nSPS) is 37.8. The standard InChI is InChI=1S/C10H17NO3/c1-8-6-14-5-3-10(8)2-4-11(7-10)9(12)13/h8H,2-7H2,1H3,(H,12,13). The molecule has 4 nitrogen and oxygen atoms in total. The maximum atomic E-state index is 10.8. The Bertz CT molecular complexity index is 244. The molecule has 1 amide bonds. The molecule has 2 rings (SSSR count). The van der Waals surface area contributed by atoms with Gasteiger partial charge >= 0.3 is 6.09 Å².